The number of hydrogen-bond acceptors (Lipinski definition) is 3. The minimum atomic E-state index is 0.799. The molecule has 0 amide bonds. The highest BCUT2D eigenvalue weighted by molar-refractivity contribution is 4.53. The van der Waals surface area contributed by atoms with Crippen molar-refractivity contribution in [2.45, 2.75) is 90.4 Å². The number of unbranched alkanes of at least 4 members (excludes halogenated alkanes) is 10. The molecule has 0 atom stereocenters. The van der Waals surface area contributed by atoms with Crippen LogP contribution in [0.25, 0.3) is 0 Å². The molecular weight excluding hydrogens is 270 g/mol. The Labute approximate surface area is 140 Å². The summed E-state index contributed by atoms with van der Waals surface area (Å²) < 4.78 is 0. The predicted octanol–water partition coefficient (Wildman–Crippen LogP) is 4.22. The minimum absolute atomic E-state index is 0.799. The van der Waals surface area contributed by atoms with Crippen LogP contribution in [-0.4, -0.2) is 32.7 Å². The molecule has 0 aromatic heterocycles. The van der Waals surface area contributed by atoms with Gasteiger partial charge in [0.1, 0.15) is 0 Å². The second-order valence-corrected chi connectivity index (χ2v) is 6.53. The highest BCUT2D eigenvalue weighted by Crippen LogP contribution is 2.10. The van der Waals surface area contributed by atoms with Crippen molar-refractivity contribution in [3.8, 4) is 0 Å². The van der Waals surface area contributed by atoms with Crippen molar-refractivity contribution in [3.05, 3.63) is 0 Å². The van der Waals surface area contributed by atoms with E-state index in [1.54, 1.807) is 0 Å². The van der Waals surface area contributed by atoms with Crippen molar-refractivity contribution in [3.63, 3.8) is 0 Å². The van der Waals surface area contributed by atoms with Crippen molar-refractivity contribution in [2.75, 3.05) is 32.7 Å². The predicted molar refractivity (Wildman–Crippen MR) is 100 cm³/mol. The van der Waals surface area contributed by atoms with E-state index in [0.29, 0.717) is 0 Å². The van der Waals surface area contributed by atoms with Crippen LogP contribution in [0.5, 0.6) is 0 Å². The molecule has 0 aliphatic carbocycles. The van der Waals surface area contributed by atoms with Gasteiger partial charge >= 0.3 is 0 Å². The van der Waals surface area contributed by atoms with Crippen molar-refractivity contribution in [1.29, 1.82) is 0 Å². The molecule has 4 N–H and O–H groups in total. The lowest BCUT2D eigenvalue weighted by Gasteiger charge is -2.06. The molecule has 0 aromatic rings. The van der Waals surface area contributed by atoms with E-state index in [9.17, 15) is 0 Å². The molecule has 0 aliphatic heterocycles. The van der Waals surface area contributed by atoms with E-state index < -0.39 is 0 Å². The standard InChI is InChI=1S/C19H43N3/c1-2-3-4-5-6-7-8-9-10-11-16-21-17-12-13-18-22-19-14-15-20/h21-22H,2-20H2,1H3. The summed E-state index contributed by atoms with van der Waals surface area (Å²) in [5, 5.41) is 6.99. The van der Waals surface area contributed by atoms with E-state index in [0.717, 1.165) is 26.1 Å². The maximum Gasteiger partial charge on any atom is -0.00369 e. The second-order valence-electron chi connectivity index (χ2n) is 6.53. The third-order valence-corrected chi connectivity index (χ3v) is 4.22. The van der Waals surface area contributed by atoms with Gasteiger partial charge in [-0.1, -0.05) is 64.7 Å². The van der Waals surface area contributed by atoms with Crippen LogP contribution >= 0.6 is 0 Å². The summed E-state index contributed by atoms with van der Waals surface area (Å²) in [5.74, 6) is 0. The molecule has 3 nitrogen and oxygen atoms in total. The van der Waals surface area contributed by atoms with Crippen molar-refractivity contribution >= 4 is 0 Å². The molecule has 0 bridgehead atoms. The first-order valence-corrected chi connectivity index (χ1v) is 10.0. The maximum atomic E-state index is 5.45. The summed E-state index contributed by atoms with van der Waals surface area (Å²) in [6, 6.07) is 0. The van der Waals surface area contributed by atoms with E-state index in [1.165, 1.54) is 90.1 Å². The highest BCUT2D eigenvalue weighted by Gasteiger charge is 1.93. The first-order chi connectivity index (χ1) is 10.9. The van der Waals surface area contributed by atoms with Gasteiger partial charge in [0.2, 0.25) is 0 Å². The van der Waals surface area contributed by atoms with Crippen LogP contribution in [-0.2, 0) is 0 Å². The lowest BCUT2D eigenvalue weighted by atomic mass is 10.1. The normalized spacial score (nSPS) is 11.2. The largest absolute Gasteiger partial charge is 0.330 e. The Hall–Kier alpha value is -0.120. The van der Waals surface area contributed by atoms with Gasteiger partial charge in [0.15, 0.2) is 0 Å². The van der Waals surface area contributed by atoms with Gasteiger partial charge in [0.25, 0.3) is 0 Å². The fourth-order valence-electron chi connectivity index (χ4n) is 2.71. The smallest absolute Gasteiger partial charge is 0.00369 e. The molecule has 0 unspecified atom stereocenters. The SMILES string of the molecule is CCCCCCCCCCCCNCCCCNCCCN. The van der Waals surface area contributed by atoms with Crippen LogP contribution in [0.4, 0.5) is 0 Å². The zero-order chi connectivity index (χ0) is 16.1. The Balaban J connectivity index is 2.91. The maximum absolute atomic E-state index is 5.45. The van der Waals surface area contributed by atoms with Crippen LogP contribution in [0.15, 0.2) is 0 Å². The lowest BCUT2D eigenvalue weighted by molar-refractivity contribution is 0.533. The highest BCUT2D eigenvalue weighted by atomic mass is 14.9. The molecule has 134 valence electrons. The first-order valence-electron chi connectivity index (χ1n) is 10.0. The molecule has 0 aromatic carbocycles. The summed E-state index contributed by atoms with van der Waals surface area (Å²) in [4.78, 5) is 0. The minimum Gasteiger partial charge on any atom is -0.330 e. The number of nitrogens with one attached hydrogen (secondary N) is 2. The van der Waals surface area contributed by atoms with Gasteiger partial charge in [-0.05, 0) is 58.4 Å². The van der Waals surface area contributed by atoms with Crippen molar-refractivity contribution < 1.29 is 0 Å². The van der Waals surface area contributed by atoms with Crippen LogP contribution in [0.2, 0.25) is 0 Å². The Morgan fingerprint density at radius 3 is 1.32 bits per heavy atom. The van der Waals surface area contributed by atoms with Crippen LogP contribution in [0.1, 0.15) is 90.4 Å². The zero-order valence-corrected chi connectivity index (χ0v) is 15.3. The molecule has 0 aliphatic rings. The molecule has 3 heteroatoms. The Morgan fingerprint density at radius 1 is 0.500 bits per heavy atom. The monoisotopic (exact) mass is 313 g/mol. The average molecular weight is 314 g/mol. The van der Waals surface area contributed by atoms with Gasteiger partial charge in [0, 0.05) is 0 Å². The Bertz CT molecular complexity index is 166. The van der Waals surface area contributed by atoms with Gasteiger partial charge in [-0.25, -0.2) is 0 Å². The molecule has 0 fully saturated rings. The third-order valence-electron chi connectivity index (χ3n) is 4.22. The molecule has 0 spiro atoms. The molecule has 0 rings (SSSR count). The van der Waals surface area contributed by atoms with Crippen molar-refractivity contribution in [2.24, 2.45) is 5.73 Å². The van der Waals surface area contributed by atoms with Crippen molar-refractivity contribution in [1.82, 2.24) is 10.6 Å². The van der Waals surface area contributed by atoms with Crippen LogP contribution < -0.4 is 16.4 Å². The summed E-state index contributed by atoms with van der Waals surface area (Å²) >= 11 is 0. The first kappa shape index (κ1) is 21.9. The Kier molecular flexibility index (Phi) is 20.8. The van der Waals surface area contributed by atoms with E-state index in [4.69, 9.17) is 5.73 Å². The van der Waals surface area contributed by atoms with Crippen LogP contribution in [0, 0.1) is 0 Å². The van der Waals surface area contributed by atoms with Crippen LogP contribution in [0.3, 0.4) is 0 Å². The third kappa shape index (κ3) is 19.9. The molecule has 0 radical (unpaired) electrons. The molecule has 0 saturated heterocycles. The van der Waals surface area contributed by atoms with Gasteiger partial charge in [-0.2, -0.15) is 0 Å². The van der Waals surface area contributed by atoms with E-state index in [1.807, 2.05) is 0 Å². The number of hydrogen-bond donors (Lipinski definition) is 3. The van der Waals surface area contributed by atoms with Gasteiger partial charge in [-0.3, -0.25) is 0 Å². The topological polar surface area (TPSA) is 50.1 Å². The lowest BCUT2D eigenvalue weighted by Crippen LogP contribution is -2.21. The summed E-state index contributed by atoms with van der Waals surface area (Å²) in [6.45, 7) is 7.68. The zero-order valence-electron chi connectivity index (χ0n) is 15.3. The van der Waals surface area contributed by atoms with E-state index in [2.05, 4.69) is 17.6 Å². The molecule has 0 heterocycles. The summed E-state index contributed by atoms with van der Waals surface area (Å²) in [6.07, 6.45) is 17.9. The summed E-state index contributed by atoms with van der Waals surface area (Å²) in [5.41, 5.74) is 5.45. The average Bonchev–Trinajstić information content (AvgIpc) is 2.54. The Morgan fingerprint density at radius 2 is 0.864 bits per heavy atom. The second kappa shape index (κ2) is 20.9. The van der Waals surface area contributed by atoms with E-state index in [-0.39, 0.29) is 0 Å². The van der Waals surface area contributed by atoms with Gasteiger partial charge < -0.3 is 16.4 Å². The van der Waals surface area contributed by atoms with E-state index >= 15 is 0 Å². The molecule has 22 heavy (non-hydrogen) atoms. The molecular formula is C19H43N3. The molecule has 0 saturated carbocycles. The summed E-state index contributed by atoms with van der Waals surface area (Å²) in [7, 11) is 0. The van der Waals surface area contributed by atoms with Gasteiger partial charge in [-0.15, -0.1) is 0 Å². The number of nitrogens with two attached hydrogens (primary N) is 1. The fraction of sp³-hybridized carbons (Fsp3) is 1.00. The quantitative estimate of drug-likeness (QED) is 0.313. The fourth-order valence-corrected chi connectivity index (χ4v) is 2.71. The number of rotatable bonds is 19. The van der Waals surface area contributed by atoms with Gasteiger partial charge in [0.05, 0.1) is 0 Å².